The normalized spacial score (nSPS) is 13.5. The molecule has 1 aliphatic heterocycles. The van der Waals surface area contributed by atoms with E-state index in [2.05, 4.69) is 5.10 Å². The van der Waals surface area contributed by atoms with Gasteiger partial charge in [0.1, 0.15) is 0 Å². The van der Waals surface area contributed by atoms with E-state index in [0.717, 1.165) is 16.8 Å². The van der Waals surface area contributed by atoms with Crippen molar-refractivity contribution in [1.29, 1.82) is 0 Å². The second-order valence-electron chi connectivity index (χ2n) is 7.48. The fourth-order valence-corrected chi connectivity index (χ4v) is 4.21. The Kier molecular flexibility index (Phi) is 4.44. The number of aromatic nitrogens is 3. The van der Waals surface area contributed by atoms with E-state index >= 15 is 0 Å². The number of H-pyrrole nitrogens is 1. The van der Waals surface area contributed by atoms with Gasteiger partial charge in [-0.3, -0.25) is 14.7 Å². The van der Waals surface area contributed by atoms with Gasteiger partial charge in [0.25, 0.3) is 11.5 Å². The average Bonchev–Trinajstić information content (AvgIpc) is 3.18. The molecule has 0 spiro atoms. The van der Waals surface area contributed by atoms with Gasteiger partial charge in [0.2, 0.25) is 0 Å². The van der Waals surface area contributed by atoms with Crippen LogP contribution >= 0.6 is 11.6 Å². The number of hydrogen-bond donors (Lipinski definition) is 1. The summed E-state index contributed by atoms with van der Waals surface area (Å²) in [5.41, 5.74) is 4.83. The molecule has 1 aliphatic rings. The quantitative estimate of drug-likeness (QED) is 0.537. The smallest absolute Gasteiger partial charge is 0.276 e. The zero-order valence-electron chi connectivity index (χ0n) is 16.4. The molecule has 2 aromatic heterocycles. The number of fused-ring (bicyclic) bond motifs is 2. The van der Waals surface area contributed by atoms with Crippen LogP contribution in [-0.4, -0.2) is 31.9 Å². The van der Waals surface area contributed by atoms with Crippen molar-refractivity contribution in [2.75, 3.05) is 6.54 Å². The minimum absolute atomic E-state index is 0.0356. The summed E-state index contributed by atoms with van der Waals surface area (Å²) in [7, 11) is 0. The van der Waals surface area contributed by atoms with Gasteiger partial charge in [0.05, 0.1) is 17.9 Å². The van der Waals surface area contributed by atoms with Crippen molar-refractivity contribution in [3.05, 3.63) is 92.4 Å². The first-order valence-electron chi connectivity index (χ1n) is 9.76. The summed E-state index contributed by atoms with van der Waals surface area (Å²) in [6.45, 7) is 2.73. The monoisotopic (exact) mass is 418 g/mol. The molecule has 2 aromatic carbocycles. The molecule has 1 N–H and O–H groups in total. The zero-order chi connectivity index (χ0) is 20.8. The lowest BCUT2D eigenvalue weighted by molar-refractivity contribution is 0.0730. The molecular formula is C23H19ClN4O2. The Morgan fingerprint density at radius 1 is 1.13 bits per heavy atom. The number of rotatable bonds is 2. The van der Waals surface area contributed by atoms with E-state index in [9.17, 15) is 9.59 Å². The van der Waals surface area contributed by atoms with E-state index in [1.54, 1.807) is 11.0 Å². The van der Waals surface area contributed by atoms with Gasteiger partial charge in [0.15, 0.2) is 5.65 Å². The maximum Gasteiger partial charge on any atom is 0.276 e. The largest absolute Gasteiger partial charge is 0.332 e. The minimum atomic E-state index is -0.128. The number of aryl methyl sites for hydroxylation is 1. The standard InChI is InChI=1S/C23H19ClN4O2/c1-14-6-2-3-7-15(14)22(29)27-11-10-17-20(13-27)25-21-12-19(26-28(21)23(17)30)16-8-4-5-9-18(16)24/h2-9,12,26H,10-11,13H2,1H3. The van der Waals surface area contributed by atoms with Gasteiger partial charge < -0.3 is 4.90 Å². The van der Waals surface area contributed by atoms with Crippen LogP contribution in [0.2, 0.25) is 5.02 Å². The lowest BCUT2D eigenvalue weighted by Gasteiger charge is -2.28. The minimum Gasteiger partial charge on any atom is -0.332 e. The van der Waals surface area contributed by atoms with Crippen LogP contribution in [0.1, 0.15) is 27.2 Å². The first kappa shape index (κ1) is 18.6. The molecule has 30 heavy (non-hydrogen) atoms. The Labute approximate surface area is 177 Å². The summed E-state index contributed by atoms with van der Waals surface area (Å²) in [5, 5.41) is 3.71. The lowest BCUT2D eigenvalue weighted by Crippen LogP contribution is -2.40. The van der Waals surface area contributed by atoms with Crippen LogP contribution in [0.3, 0.4) is 0 Å². The number of benzene rings is 2. The highest BCUT2D eigenvalue weighted by Gasteiger charge is 2.26. The van der Waals surface area contributed by atoms with Crippen LogP contribution < -0.4 is 5.56 Å². The Morgan fingerprint density at radius 2 is 1.90 bits per heavy atom. The van der Waals surface area contributed by atoms with Crippen LogP contribution in [0.15, 0.2) is 59.4 Å². The number of carbonyl (C=O) groups is 1. The van der Waals surface area contributed by atoms with E-state index in [0.29, 0.717) is 47.0 Å². The molecule has 6 nitrogen and oxygen atoms in total. The number of halogens is 1. The summed E-state index contributed by atoms with van der Waals surface area (Å²) < 4.78 is 1.45. The molecule has 0 saturated heterocycles. The Hall–Kier alpha value is -3.38. The highest BCUT2D eigenvalue weighted by Crippen LogP contribution is 2.27. The Balaban J connectivity index is 1.54. The number of aromatic amines is 1. The highest BCUT2D eigenvalue weighted by atomic mass is 35.5. The van der Waals surface area contributed by atoms with E-state index in [1.807, 2.05) is 55.5 Å². The van der Waals surface area contributed by atoms with Crippen LogP contribution in [0.25, 0.3) is 16.9 Å². The summed E-state index contributed by atoms with van der Waals surface area (Å²) in [6, 6.07) is 16.8. The molecule has 0 atom stereocenters. The fourth-order valence-electron chi connectivity index (χ4n) is 3.97. The summed E-state index contributed by atoms with van der Waals surface area (Å²) in [6.07, 6.45) is 0.474. The third kappa shape index (κ3) is 3.00. The first-order valence-corrected chi connectivity index (χ1v) is 10.1. The summed E-state index contributed by atoms with van der Waals surface area (Å²) in [5.74, 6) is -0.0356. The molecule has 0 radical (unpaired) electrons. The molecule has 0 bridgehead atoms. The van der Waals surface area contributed by atoms with E-state index in [4.69, 9.17) is 16.6 Å². The van der Waals surface area contributed by atoms with Gasteiger partial charge in [-0.15, -0.1) is 0 Å². The second-order valence-corrected chi connectivity index (χ2v) is 7.88. The van der Waals surface area contributed by atoms with Gasteiger partial charge in [-0.25, -0.2) is 9.50 Å². The van der Waals surface area contributed by atoms with Gasteiger partial charge in [-0.05, 0) is 31.0 Å². The summed E-state index contributed by atoms with van der Waals surface area (Å²) in [4.78, 5) is 32.5. The molecular weight excluding hydrogens is 400 g/mol. The molecule has 0 aliphatic carbocycles. The van der Waals surface area contributed by atoms with Crippen LogP contribution in [0, 0.1) is 6.92 Å². The number of carbonyl (C=O) groups excluding carboxylic acids is 1. The van der Waals surface area contributed by atoms with Crippen molar-refractivity contribution >= 4 is 23.2 Å². The topological polar surface area (TPSA) is 70.5 Å². The maximum absolute atomic E-state index is 13.1. The number of nitrogens with one attached hydrogen (secondary N) is 1. The van der Waals surface area contributed by atoms with E-state index in [-0.39, 0.29) is 11.5 Å². The van der Waals surface area contributed by atoms with Crippen molar-refractivity contribution in [3.8, 4) is 11.3 Å². The zero-order valence-corrected chi connectivity index (χ0v) is 17.1. The van der Waals surface area contributed by atoms with Crippen molar-refractivity contribution < 1.29 is 4.79 Å². The van der Waals surface area contributed by atoms with Gasteiger partial charge >= 0.3 is 0 Å². The van der Waals surface area contributed by atoms with Crippen molar-refractivity contribution in [1.82, 2.24) is 19.5 Å². The molecule has 4 aromatic rings. The highest BCUT2D eigenvalue weighted by molar-refractivity contribution is 6.33. The number of amides is 1. The van der Waals surface area contributed by atoms with Crippen molar-refractivity contribution in [2.45, 2.75) is 19.9 Å². The Morgan fingerprint density at radius 3 is 2.70 bits per heavy atom. The molecule has 0 fully saturated rings. The first-order chi connectivity index (χ1) is 14.5. The molecule has 3 heterocycles. The Bertz CT molecular complexity index is 1360. The maximum atomic E-state index is 13.1. The number of hydrogen-bond acceptors (Lipinski definition) is 3. The fraction of sp³-hybridized carbons (Fsp3) is 0.174. The molecule has 150 valence electrons. The van der Waals surface area contributed by atoms with Crippen molar-refractivity contribution in [2.24, 2.45) is 0 Å². The molecule has 5 rings (SSSR count). The van der Waals surface area contributed by atoms with Crippen LogP contribution in [0.5, 0.6) is 0 Å². The predicted molar refractivity (Wildman–Crippen MR) is 116 cm³/mol. The molecule has 1 amide bonds. The van der Waals surface area contributed by atoms with E-state index < -0.39 is 0 Å². The van der Waals surface area contributed by atoms with Crippen molar-refractivity contribution in [3.63, 3.8) is 0 Å². The van der Waals surface area contributed by atoms with Gasteiger partial charge in [-0.1, -0.05) is 48.0 Å². The van der Waals surface area contributed by atoms with Gasteiger partial charge in [-0.2, -0.15) is 0 Å². The molecule has 0 saturated carbocycles. The predicted octanol–water partition coefficient (Wildman–Crippen LogP) is 3.85. The van der Waals surface area contributed by atoms with Crippen LogP contribution in [-0.2, 0) is 13.0 Å². The second kappa shape index (κ2) is 7.15. The molecule has 7 heteroatoms. The lowest BCUT2D eigenvalue weighted by atomic mass is 10.0. The van der Waals surface area contributed by atoms with E-state index in [1.165, 1.54) is 4.52 Å². The van der Waals surface area contributed by atoms with Crippen LogP contribution in [0.4, 0.5) is 0 Å². The SMILES string of the molecule is Cc1ccccc1C(=O)N1CCc2c(nc3cc(-c4ccccc4Cl)[nH]n3c2=O)C1. The average molecular weight is 419 g/mol. The summed E-state index contributed by atoms with van der Waals surface area (Å²) >= 11 is 6.31. The third-order valence-corrected chi connectivity index (χ3v) is 5.92. The van der Waals surface area contributed by atoms with Gasteiger partial charge in [0, 0.05) is 34.3 Å². The third-order valence-electron chi connectivity index (χ3n) is 5.59. The molecule has 0 unspecified atom stereocenters. The number of nitrogens with zero attached hydrogens (tertiary/aromatic N) is 3.